The van der Waals surface area contributed by atoms with Crippen LogP contribution in [0.15, 0.2) is 15.0 Å². The summed E-state index contributed by atoms with van der Waals surface area (Å²) in [6.07, 6.45) is 0. The normalized spacial score (nSPS) is 32.8. The van der Waals surface area contributed by atoms with Gasteiger partial charge < -0.3 is 4.42 Å². The molecule has 0 unspecified atom stereocenters. The lowest BCUT2D eigenvalue weighted by atomic mass is 9.94. The van der Waals surface area contributed by atoms with Crippen LogP contribution >= 0.6 is 15.9 Å². The third-order valence-corrected chi connectivity index (χ3v) is 1.65. The first kappa shape index (κ1) is 1.98. The first-order valence-electron chi connectivity index (χ1n) is 8.67. The van der Waals surface area contributed by atoms with Gasteiger partial charge in [-0.1, -0.05) is 20.6 Å². The van der Waals surface area contributed by atoms with E-state index in [0.717, 1.165) is 6.07 Å². The smallest absolute Gasteiger partial charge is 0.115 e. The lowest BCUT2D eigenvalue weighted by molar-refractivity contribution is 0.395. The maximum absolute atomic E-state index is 7.52. The van der Waals surface area contributed by atoms with E-state index in [1.165, 1.54) is 0 Å². The maximum atomic E-state index is 7.52. The van der Waals surface area contributed by atoms with Gasteiger partial charge in [0.05, 0.1) is 4.47 Å². The van der Waals surface area contributed by atoms with Gasteiger partial charge in [-0.2, -0.15) is 0 Å². The molecule has 0 radical (unpaired) electrons. The van der Waals surface area contributed by atoms with Crippen molar-refractivity contribution in [2.75, 3.05) is 0 Å². The second-order valence-corrected chi connectivity index (χ2v) is 2.89. The third kappa shape index (κ3) is 1.86. The number of aryl methyl sites for hydroxylation is 1. The van der Waals surface area contributed by atoms with Crippen LogP contribution in [0.2, 0.25) is 0 Å². The van der Waals surface area contributed by atoms with Crippen molar-refractivity contribution < 1.29 is 20.9 Å². The molecule has 1 nitrogen and oxygen atoms in total. The first-order chi connectivity index (χ1) is 9.87. The maximum Gasteiger partial charge on any atom is 0.115 e. The van der Waals surface area contributed by atoms with Crippen LogP contribution in [-0.2, 0) is 5.41 Å². The molecule has 0 aliphatic rings. The number of rotatable bonds is 0. The molecular weight excluding hydrogens is 204 g/mol. The molecule has 0 saturated heterocycles. The van der Waals surface area contributed by atoms with E-state index >= 15 is 0 Å². The summed E-state index contributed by atoms with van der Waals surface area (Å²) in [7, 11) is 0. The quantitative estimate of drug-likeness (QED) is 0.661. The van der Waals surface area contributed by atoms with E-state index in [0.29, 0.717) is 0 Å². The molecule has 0 amide bonds. The largest absolute Gasteiger partial charge is 0.465 e. The second-order valence-electron chi connectivity index (χ2n) is 2.04. The van der Waals surface area contributed by atoms with Crippen molar-refractivity contribution in [1.29, 1.82) is 0 Å². The summed E-state index contributed by atoms with van der Waals surface area (Å²) in [6, 6.07) is 0.785. The monoisotopic (exact) mass is 228 g/mol. The molecule has 0 bridgehead atoms. The summed E-state index contributed by atoms with van der Waals surface area (Å²) in [4.78, 5) is 0. The Morgan fingerprint density at radius 1 is 1.55 bits per heavy atom. The highest BCUT2D eigenvalue weighted by atomic mass is 79.9. The second kappa shape index (κ2) is 2.67. The molecule has 1 rings (SSSR count). The molecule has 62 valence electrons. The van der Waals surface area contributed by atoms with Crippen LogP contribution in [0.1, 0.15) is 48.5 Å². The molecule has 11 heavy (non-hydrogen) atoms. The minimum atomic E-state index is -3.51. The molecule has 1 aromatic heterocycles. The Morgan fingerprint density at radius 3 is 2.73 bits per heavy atom. The van der Waals surface area contributed by atoms with E-state index in [9.17, 15) is 0 Å². The van der Waals surface area contributed by atoms with E-state index in [-0.39, 0.29) is 4.47 Å². The third-order valence-electron chi connectivity index (χ3n) is 1.06. The first-order valence-corrected chi connectivity index (χ1v) is 3.47. The number of hydrogen-bond donors (Lipinski definition) is 0. The molecule has 0 saturated carbocycles. The summed E-state index contributed by atoms with van der Waals surface area (Å²) in [6.45, 7) is -13.3. The van der Waals surface area contributed by atoms with Crippen molar-refractivity contribution in [3.8, 4) is 0 Å². The van der Waals surface area contributed by atoms with Crippen LogP contribution < -0.4 is 0 Å². The van der Waals surface area contributed by atoms with Gasteiger partial charge in [-0.3, -0.25) is 0 Å². The van der Waals surface area contributed by atoms with Crippen LogP contribution in [0.3, 0.4) is 0 Å². The fourth-order valence-electron chi connectivity index (χ4n) is 0.554. The van der Waals surface area contributed by atoms with E-state index in [1.807, 2.05) is 0 Å². The Labute approximate surface area is 92.8 Å². The van der Waals surface area contributed by atoms with E-state index in [2.05, 4.69) is 15.9 Å². The van der Waals surface area contributed by atoms with Crippen LogP contribution in [0, 0.1) is 6.85 Å². The van der Waals surface area contributed by atoms with Gasteiger partial charge in [-0.05, 0) is 28.8 Å². The lowest BCUT2D eigenvalue weighted by Crippen LogP contribution is -2.08. The highest BCUT2D eigenvalue weighted by Crippen LogP contribution is 2.29. The predicted molar refractivity (Wildman–Crippen MR) is 49.8 cm³/mol. The van der Waals surface area contributed by atoms with Crippen LogP contribution in [0.5, 0.6) is 0 Å². The Bertz CT molecular complexity index is 535. The zero-order chi connectivity index (χ0) is 18.6. The molecule has 0 aliphatic carbocycles. The highest BCUT2D eigenvalue weighted by molar-refractivity contribution is 9.10. The highest BCUT2D eigenvalue weighted by Gasteiger charge is 2.19. The summed E-state index contributed by atoms with van der Waals surface area (Å²) in [5.74, 6) is -1.66. The molecule has 2 heteroatoms. The van der Waals surface area contributed by atoms with Crippen molar-refractivity contribution in [2.24, 2.45) is 0 Å². The number of hydrogen-bond acceptors (Lipinski definition) is 1. The zero-order valence-electron chi connectivity index (χ0n) is 17.4. The Balaban J connectivity index is 3.88. The van der Waals surface area contributed by atoms with Crippen LogP contribution in [0.25, 0.3) is 0 Å². The van der Waals surface area contributed by atoms with E-state index in [4.69, 9.17) is 20.9 Å². The average Bonchev–Trinajstić information content (AvgIpc) is 2.52. The van der Waals surface area contributed by atoms with Gasteiger partial charge in [0.2, 0.25) is 0 Å². The Morgan fingerprint density at radius 2 is 2.27 bits per heavy atom. The standard InChI is InChI=1S/C9H13BrO/c1-6-7(10)5-8(11-6)9(2,3)4/h5H,1-4H3/i1D3,2D3,3D3,4D3. The topological polar surface area (TPSA) is 13.1 Å². The number of furan rings is 1. The zero-order valence-corrected chi connectivity index (χ0v) is 6.95. The minimum Gasteiger partial charge on any atom is -0.465 e. The fourth-order valence-corrected chi connectivity index (χ4v) is 0.842. The molecule has 0 atom stereocenters. The molecule has 0 fully saturated rings. The molecule has 1 heterocycles. The van der Waals surface area contributed by atoms with Gasteiger partial charge in [-0.25, -0.2) is 0 Å². The van der Waals surface area contributed by atoms with Crippen LogP contribution in [-0.4, -0.2) is 0 Å². The van der Waals surface area contributed by atoms with Crippen molar-refractivity contribution in [3.63, 3.8) is 0 Å². The molecule has 1 aromatic rings. The van der Waals surface area contributed by atoms with Gasteiger partial charge in [0.25, 0.3) is 0 Å². The van der Waals surface area contributed by atoms with Gasteiger partial charge in [-0.15, -0.1) is 0 Å². The van der Waals surface area contributed by atoms with Crippen molar-refractivity contribution in [1.82, 2.24) is 0 Å². The van der Waals surface area contributed by atoms with E-state index in [1.54, 1.807) is 0 Å². The van der Waals surface area contributed by atoms with Gasteiger partial charge >= 0.3 is 0 Å². The molecule has 0 spiro atoms. The van der Waals surface area contributed by atoms with Gasteiger partial charge in [0, 0.05) is 21.9 Å². The lowest BCUT2D eigenvalue weighted by Gasteiger charge is -2.13. The minimum absolute atomic E-state index is 0.227. The SMILES string of the molecule is [2H]C([2H])([2H])c1oc(C(C([2H])([2H])[2H])(C([2H])([2H])[2H])C([2H])([2H])[2H])cc1Br. The van der Waals surface area contributed by atoms with Crippen LogP contribution in [0.4, 0.5) is 0 Å². The summed E-state index contributed by atoms with van der Waals surface area (Å²) in [5.41, 5.74) is -3.36. The summed E-state index contributed by atoms with van der Waals surface area (Å²) >= 11 is 2.84. The molecule has 0 N–H and O–H groups in total. The molecule has 0 aliphatic heterocycles. The van der Waals surface area contributed by atoms with Crippen molar-refractivity contribution in [3.05, 3.63) is 22.1 Å². The van der Waals surface area contributed by atoms with E-state index < -0.39 is 44.3 Å². The van der Waals surface area contributed by atoms with Gasteiger partial charge in [0.1, 0.15) is 11.5 Å². The predicted octanol–water partition coefficient (Wildman–Crippen LogP) is 3.65. The average molecular weight is 229 g/mol. The van der Waals surface area contributed by atoms with Crippen molar-refractivity contribution in [2.45, 2.75) is 32.8 Å². The Kier molecular flexibility index (Phi) is 0.480. The summed E-state index contributed by atoms with van der Waals surface area (Å²) in [5, 5.41) is 0. The van der Waals surface area contributed by atoms with Crippen molar-refractivity contribution >= 4 is 15.9 Å². The Hall–Kier alpha value is -0.240. The molecular formula is C9H13BrO. The molecule has 0 aromatic carbocycles. The van der Waals surface area contributed by atoms with Gasteiger partial charge in [0.15, 0.2) is 0 Å². The summed E-state index contributed by atoms with van der Waals surface area (Å²) < 4.78 is 94.2. The number of halogens is 1. The fraction of sp³-hybridized carbons (Fsp3) is 0.556.